The van der Waals surface area contributed by atoms with Crippen molar-refractivity contribution in [1.82, 2.24) is 5.32 Å². The summed E-state index contributed by atoms with van der Waals surface area (Å²) in [7, 11) is 0. The van der Waals surface area contributed by atoms with Gasteiger partial charge in [-0.1, -0.05) is 0 Å². The van der Waals surface area contributed by atoms with Crippen LogP contribution >= 0.6 is 0 Å². The van der Waals surface area contributed by atoms with Gasteiger partial charge in [-0.15, -0.1) is 0 Å². The van der Waals surface area contributed by atoms with Crippen LogP contribution in [-0.4, -0.2) is 17.9 Å². The largest absolute Gasteiger partial charge is 0.416 e. The molecule has 0 heterocycles. The Hall–Kier alpha value is -2.26. The minimum atomic E-state index is -4.99. The molecule has 0 bridgehead atoms. The molecular weight excluding hydrogens is 330 g/mol. The Labute approximate surface area is 126 Å². The number of carbonyl (C=O) groups is 2. The highest BCUT2D eigenvalue weighted by molar-refractivity contribution is 5.87. The van der Waals surface area contributed by atoms with Gasteiger partial charge in [-0.05, 0) is 30.7 Å². The number of hydrogen-bond acceptors (Lipinski definition) is 2. The minimum absolute atomic E-state index is 0.0343. The topological polar surface area (TPSA) is 72.2 Å². The third-order valence-corrected chi connectivity index (χ3v) is 2.82. The lowest BCUT2D eigenvalue weighted by molar-refractivity contribution is -0.143. The fraction of sp³-hybridized carbons (Fsp3) is 0.385. The Morgan fingerprint density at radius 3 is 1.83 bits per heavy atom. The highest BCUT2D eigenvalue weighted by atomic mass is 19.4. The van der Waals surface area contributed by atoms with E-state index in [9.17, 15) is 35.9 Å². The van der Waals surface area contributed by atoms with Crippen LogP contribution in [0.3, 0.4) is 0 Å². The summed E-state index contributed by atoms with van der Waals surface area (Å²) in [6.07, 6.45) is -10.7. The fourth-order valence-electron chi connectivity index (χ4n) is 1.67. The molecule has 1 aromatic carbocycles. The first-order valence-corrected chi connectivity index (χ1v) is 6.17. The van der Waals surface area contributed by atoms with E-state index in [0.29, 0.717) is 12.1 Å². The molecule has 2 amide bonds. The third-order valence-electron chi connectivity index (χ3n) is 2.82. The van der Waals surface area contributed by atoms with Gasteiger partial charge in [0.05, 0.1) is 17.5 Å². The van der Waals surface area contributed by atoms with E-state index in [0.717, 1.165) is 0 Å². The van der Waals surface area contributed by atoms with Gasteiger partial charge in [-0.3, -0.25) is 9.59 Å². The number of halogens is 6. The quantitative estimate of drug-likeness (QED) is 0.824. The Morgan fingerprint density at radius 1 is 1.04 bits per heavy atom. The van der Waals surface area contributed by atoms with Gasteiger partial charge >= 0.3 is 12.4 Å². The molecule has 3 N–H and O–H groups in total. The van der Waals surface area contributed by atoms with Gasteiger partial charge in [-0.25, -0.2) is 0 Å². The van der Waals surface area contributed by atoms with Crippen LogP contribution in [0, 0.1) is 0 Å². The monoisotopic (exact) mass is 342 g/mol. The van der Waals surface area contributed by atoms with Crippen LogP contribution < -0.4 is 11.1 Å². The van der Waals surface area contributed by atoms with Crippen molar-refractivity contribution in [2.75, 3.05) is 0 Å². The molecule has 0 aromatic heterocycles. The fourth-order valence-corrected chi connectivity index (χ4v) is 1.67. The molecule has 0 aliphatic heterocycles. The molecule has 0 saturated heterocycles. The van der Waals surface area contributed by atoms with Crippen LogP contribution in [0.1, 0.15) is 23.6 Å². The van der Waals surface area contributed by atoms with Gasteiger partial charge in [0.1, 0.15) is 6.04 Å². The van der Waals surface area contributed by atoms with Crippen LogP contribution in [0.25, 0.3) is 0 Å². The number of nitrogens with one attached hydrogen (secondary N) is 1. The number of carbonyl (C=O) groups excluding carboxylic acids is 2. The molecule has 1 aromatic rings. The smallest absolute Gasteiger partial charge is 0.368 e. The van der Waals surface area contributed by atoms with Crippen LogP contribution in [0.15, 0.2) is 18.2 Å². The van der Waals surface area contributed by atoms with Crippen molar-refractivity contribution in [3.8, 4) is 0 Å². The van der Waals surface area contributed by atoms with E-state index in [2.05, 4.69) is 5.32 Å². The molecule has 0 fully saturated rings. The van der Waals surface area contributed by atoms with Gasteiger partial charge in [-0.2, -0.15) is 26.3 Å². The molecule has 0 spiro atoms. The summed E-state index contributed by atoms with van der Waals surface area (Å²) in [5.74, 6) is -1.82. The Kier molecular flexibility index (Phi) is 5.28. The minimum Gasteiger partial charge on any atom is -0.368 e. The summed E-state index contributed by atoms with van der Waals surface area (Å²) in [6.45, 7) is 1.23. The maximum atomic E-state index is 12.7. The predicted octanol–water partition coefficient (Wildman–Crippen LogP) is 2.26. The first kappa shape index (κ1) is 18.8. The van der Waals surface area contributed by atoms with E-state index in [-0.39, 0.29) is 6.07 Å². The van der Waals surface area contributed by atoms with E-state index < -0.39 is 53.3 Å². The maximum absolute atomic E-state index is 12.7. The number of amides is 2. The van der Waals surface area contributed by atoms with Crippen molar-refractivity contribution in [1.29, 1.82) is 0 Å². The normalized spacial score (nSPS) is 13.5. The molecule has 10 heteroatoms. The van der Waals surface area contributed by atoms with Gasteiger partial charge in [0, 0.05) is 0 Å². The lowest BCUT2D eigenvalue weighted by Gasteiger charge is -2.15. The van der Waals surface area contributed by atoms with Gasteiger partial charge in [0.25, 0.3) is 0 Å². The average Bonchev–Trinajstić information content (AvgIpc) is 2.35. The van der Waals surface area contributed by atoms with Crippen molar-refractivity contribution in [2.45, 2.75) is 31.7 Å². The molecule has 0 radical (unpaired) electrons. The number of hydrogen-bond donors (Lipinski definition) is 2. The maximum Gasteiger partial charge on any atom is 0.416 e. The first-order chi connectivity index (χ1) is 10.3. The Morgan fingerprint density at radius 2 is 1.48 bits per heavy atom. The second-order valence-electron chi connectivity index (χ2n) is 4.78. The van der Waals surface area contributed by atoms with Gasteiger partial charge in [0.15, 0.2) is 0 Å². The van der Waals surface area contributed by atoms with Crippen molar-refractivity contribution in [2.24, 2.45) is 5.73 Å². The zero-order chi connectivity index (χ0) is 18.0. The number of primary amides is 1. The molecule has 1 atom stereocenters. The molecular formula is C13H12F6N2O2. The van der Waals surface area contributed by atoms with Crippen molar-refractivity contribution in [3.05, 3.63) is 34.9 Å². The van der Waals surface area contributed by atoms with Crippen molar-refractivity contribution >= 4 is 11.8 Å². The van der Waals surface area contributed by atoms with E-state index >= 15 is 0 Å². The lowest BCUT2D eigenvalue weighted by atomic mass is 10.0. The van der Waals surface area contributed by atoms with Crippen LogP contribution in [0.4, 0.5) is 26.3 Å². The molecule has 4 nitrogen and oxygen atoms in total. The average molecular weight is 342 g/mol. The number of rotatable bonds is 4. The van der Waals surface area contributed by atoms with Crippen LogP contribution in [-0.2, 0) is 28.4 Å². The van der Waals surface area contributed by atoms with Gasteiger partial charge in [0.2, 0.25) is 11.8 Å². The first-order valence-electron chi connectivity index (χ1n) is 6.17. The number of alkyl halides is 6. The molecule has 0 aliphatic rings. The summed E-state index contributed by atoms with van der Waals surface area (Å²) in [4.78, 5) is 22.3. The number of nitrogens with two attached hydrogens (primary N) is 1. The molecule has 23 heavy (non-hydrogen) atoms. The van der Waals surface area contributed by atoms with E-state index in [1.54, 1.807) is 0 Å². The summed E-state index contributed by atoms with van der Waals surface area (Å²) in [5.41, 5.74) is 1.37. The molecule has 0 aliphatic carbocycles. The second-order valence-corrected chi connectivity index (χ2v) is 4.78. The molecule has 1 rings (SSSR count). The summed E-state index contributed by atoms with van der Waals surface area (Å²) >= 11 is 0. The third kappa shape index (κ3) is 5.46. The van der Waals surface area contributed by atoms with E-state index in [1.807, 2.05) is 0 Å². The standard InChI is InChI=1S/C13H12F6N2O2/c1-6(11(20)23)21-10(22)4-7-2-8(12(14,15)16)5-9(3-7)13(17,18)19/h2-3,5-6H,4H2,1H3,(H2,20,23)(H,21,22). The van der Waals surface area contributed by atoms with Crippen molar-refractivity contribution < 1.29 is 35.9 Å². The zero-order valence-corrected chi connectivity index (χ0v) is 11.7. The van der Waals surface area contributed by atoms with Crippen LogP contribution in [0.2, 0.25) is 0 Å². The van der Waals surface area contributed by atoms with Crippen LogP contribution in [0.5, 0.6) is 0 Å². The molecule has 0 saturated carbocycles. The number of benzene rings is 1. The molecule has 128 valence electrons. The van der Waals surface area contributed by atoms with Crippen molar-refractivity contribution in [3.63, 3.8) is 0 Å². The van der Waals surface area contributed by atoms with E-state index in [4.69, 9.17) is 5.73 Å². The summed E-state index contributed by atoms with van der Waals surface area (Å²) in [6, 6.07) is -0.239. The predicted molar refractivity (Wildman–Crippen MR) is 66.9 cm³/mol. The Bertz CT molecular complexity index is 577. The highest BCUT2D eigenvalue weighted by Crippen LogP contribution is 2.36. The Balaban J connectivity index is 3.11. The lowest BCUT2D eigenvalue weighted by Crippen LogP contribution is -2.42. The van der Waals surface area contributed by atoms with Gasteiger partial charge < -0.3 is 11.1 Å². The summed E-state index contributed by atoms with van der Waals surface area (Å²) < 4.78 is 76.0. The highest BCUT2D eigenvalue weighted by Gasteiger charge is 2.37. The SMILES string of the molecule is CC(NC(=O)Cc1cc(C(F)(F)F)cc(C(F)(F)F)c1)C(N)=O. The zero-order valence-electron chi connectivity index (χ0n) is 11.7. The second kappa shape index (κ2) is 6.47. The molecule has 1 unspecified atom stereocenters. The summed E-state index contributed by atoms with van der Waals surface area (Å²) in [5, 5.41) is 2.07. The van der Waals surface area contributed by atoms with E-state index in [1.165, 1.54) is 6.92 Å².